The Kier molecular flexibility index (Phi) is 6.37. The molecule has 0 aliphatic rings. The van der Waals surface area contributed by atoms with Gasteiger partial charge in [-0.05, 0) is 37.5 Å². The molecule has 0 radical (unpaired) electrons. The number of rotatable bonds is 7. The maximum absolute atomic E-state index is 12.2. The molecule has 126 valence electrons. The summed E-state index contributed by atoms with van der Waals surface area (Å²) in [5.41, 5.74) is 5.12. The van der Waals surface area contributed by atoms with E-state index in [1.54, 1.807) is 32.4 Å². The van der Waals surface area contributed by atoms with E-state index >= 15 is 0 Å². The number of methoxy groups -OCH3 is 2. The van der Waals surface area contributed by atoms with Gasteiger partial charge in [0.1, 0.15) is 11.5 Å². The summed E-state index contributed by atoms with van der Waals surface area (Å²) in [4.78, 5) is 12.2. The molecular weight excluding hydrogens is 304 g/mol. The Labute approximate surface area is 142 Å². The molecule has 0 saturated carbocycles. The third-order valence-corrected chi connectivity index (χ3v) is 3.58. The van der Waals surface area contributed by atoms with Gasteiger partial charge in [0, 0.05) is 17.3 Å². The van der Waals surface area contributed by atoms with Gasteiger partial charge in [-0.25, -0.2) is 5.43 Å². The van der Waals surface area contributed by atoms with E-state index in [4.69, 9.17) is 9.47 Å². The zero-order valence-electron chi connectivity index (χ0n) is 14.2. The van der Waals surface area contributed by atoms with E-state index in [0.29, 0.717) is 17.1 Å². The summed E-state index contributed by atoms with van der Waals surface area (Å²) in [7, 11) is 3.09. The van der Waals surface area contributed by atoms with E-state index in [1.165, 1.54) is 5.56 Å². The van der Waals surface area contributed by atoms with Crippen molar-refractivity contribution in [2.45, 2.75) is 19.8 Å². The van der Waals surface area contributed by atoms with Gasteiger partial charge >= 0.3 is 0 Å². The van der Waals surface area contributed by atoms with Crippen molar-refractivity contribution >= 4 is 11.6 Å². The summed E-state index contributed by atoms with van der Waals surface area (Å²) >= 11 is 0. The fourth-order valence-electron chi connectivity index (χ4n) is 2.18. The first kappa shape index (κ1) is 17.5. The monoisotopic (exact) mass is 326 g/mol. The molecular formula is C19H22N2O3. The van der Waals surface area contributed by atoms with Crippen LogP contribution in [0.5, 0.6) is 11.5 Å². The Morgan fingerprint density at radius 3 is 2.25 bits per heavy atom. The summed E-state index contributed by atoms with van der Waals surface area (Å²) in [5, 5.41) is 4.16. The summed E-state index contributed by atoms with van der Waals surface area (Å²) in [6.45, 7) is 1.90. The lowest BCUT2D eigenvalue weighted by atomic mass is 10.1. The van der Waals surface area contributed by atoms with Gasteiger partial charge in [0.25, 0.3) is 5.91 Å². The van der Waals surface area contributed by atoms with Gasteiger partial charge in [0.05, 0.1) is 14.2 Å². The quantitative estimate of drug-likeness (QED) is 0.626. The van der Waals surface area contributed by atoms with Crippen LogP contribution in [0, 0.1) is 0 Å². The van der Waals surface area contributed by atoms with Crippen LogP contribution in [0.1, 0.15) is 29.3 Å². The molecule has 0 aromatic heterocycles. The number of hydrazone groups is 1. The van der Waals surface area contributed by atoms with Crippen LogP contribution in [-0.2, 0) is 6.42 Å². The van der Waals surface area contributed by atoms with Crippen LogP contribution in [-0.4, -0.2) is 25.8 Å². The Bertz CT molecular complexity index is 690. The van der Waals surface area contributed by atoms with E-state index < -0.39 is 0 Å². The second kappa shape index (κ2) is 8.72. The average molecular weight is 326 g/mol. The molecule has 1 amide bonds. The van der Waals surface area contributed by atoms with Crippen molar-refractivity contribution in [2.75, 3.05) is 14.2 Å². The van der Waals surface area contributed by atoms with Crippen molar-refractivity contribution in [3.8, 4) is 11.5 Å². The highest BCUT2D eigenvalue weighted by Crippen LogP contribution is 2.22. The molecule has 1 N–H and O–H groups in total. The predicted molar refractivity (Wildman–Crippen MR) is 94.9 cm³/mol. The molecule has 2 rings (SSSR count). The van der Waals surface area contributed by atoms with Gasteiger partial charge in [-0.15, -0.1) is 0 Å². The highest BCUT2D eigenvalue weighted by molar-refractivity contribution is 5.96. The lowest BCUT2D eigenvalue weighted by Gasteiger charge is -2.08. The molecule has 0 atom stereocenters. The minimum Gasteiger partial charge on any atom is -0.497 e. The first-order valence-corrected chi connectivity index (χ1v) is 7.73. The van der Waals surface area contributed by atoms with E-state index in [9.17, 15) is 4.79 Å². The van der Waals surface area contributed by atoms with E-state index in [0.717, 1.165) is 18.6 Å². The first-order chi connectivity index (χ1) is 11.6. The van der Waals surface area contributed by atoms with Crippen LogP contribution in [0.4, 0.5) is 0 Å². The fourth-order valence-corrected chi connectivity index (χ4v) is 2.18. The number of nitrogens with zero attached hydrogens (tertiary/aromatic N) is 1. The first-order valence-electron chi connectivity index (χ1n) is 7.73. The average Bonchev–Trinajstić information content (AvgIpc) is 2.64. The van der Waals surface area contributed by atoms with Crippen molar-refractivity contribution < 1.29 is 14.3 Å². The molecule has 0 spiro atoms. The largest absolute Gasteiger partial charge is 0.497 e. The number of benzene rings is 2. The molecule has 0 unspecified atom stereocenters. The number of hydrogen-bond donors (Lipinski definition) is 1. The molecule has 2 aromatic rings. The number of hydrogen-bond acceptors (Lipinski definition) is 4. The number of nitrogens with one attached hydrogen (secondary N) is 1. The molecule has 2 aromatic carbocycles. The van der Waals surface area contributed by atoms with Crippen LogP contribution in [0.2, 0.25) is 0 Å². The zero-order chi connectivity index (χ0) is 17.4. The predicted octanol–water partition coefficient (Wildman–Crippen LogP) is 3.44. The highest BCUT2D eigenvalue weighted by Gasteiger charge is 2.09. The molecule has 0 aliphatic heterocycles. The van der Waals surface area contributed by atoms with Crippen molar-refractivity contribution in [2.24, 2.45) is 5.10 Å². The lowest BCUT2D eigenvalue weighted by Crippen LogP contribution is -2.19. The minimum absolute atomic E-state index is 0.300. The number of amides is 1. The molecule has 5 heteroatoms. The van der Waals surface area contributed by atoms with E-state index in [2.05, 4.69) is 22.7 Å². The van der Waals surface area contributed by atoms with Gasteiger partial charge in [-0.3, -0.25) is 4.79 Å². The molecule has 0 aliphatic carbocycles. The summed E-state index contributed by atoms with van der Waals surface area (Å²) < 4.78 is 10.3. The smallest absolute Gasteiger partial charge is 0.271 e. The maximum Gasteiger partial charge on any atom is 0.271 e. The fraction of sp³-hybridized carbons (Fsp3) is 0.263. The summed E-state index contributed by atoms with van der Waals surface area (Å²) in [5.74, 6) is 0.819. The van der Waals surface area contributed by atoms with Crippen molar-refractivity contribution in [1.82, 2.24) is 5.43 Å². The molecule has 0 fully saturated rings. The molecule has 0 bridgehead atoms. The number of aryl methyl sites for hydroxylation is 1. The van der Waals surface area contributed by atoms with Crippen molar-refractivity contribution in [3.05, 3.63) is 59.7 Å². The second-order valence-corrected chi connectivity index (χ2v) is 5.37. The van der Waals surface area contributed by atoms with Crippen LogP contribution < -0.4 is 14.9 Å². The van der Waals surface area contributed by atoms with Crippen LogP contribution in [0.3, 0.4) is 0 Å². The van der Waals surface area contributed by atoms with Crippen molar-refractivity contribution in [1.29, 1.82) is 0 Å². The Balaban J connectivity index is 1.96. The van der Waals surface area contributed by atoms with Crippen molar-refractivity contribution in [3.63, 3.8) is 0 Å². The highest BCUT2D eigenvalue weighted by atomic mass is 16.5. The Morgan fingerprint density at radius 1 is 1.04 bits per heavy atom. The standard InChI is InChI=1S/C19H22N2O3/c1-14(9-10-15-7-5-4-6-8-15)20-21-19(22)16-11-17(23-2)13-18(12-16)24-3/h4-8,11-13H,9-10H2,1-3H3,(H,21,22)/b20-14+. The van der Waals surface area contributed by atoms with Gasteiger partial charge < -0.3 is 9.47 Å². The van der Waals surface area contributed by atoms with Crippen LogP contribution >= 0.6 is 0 Å². The van der Waals surface area contributed by atoms with Gasteiger partial charge in [0.2, 0.25) is 0 Å². The van der Waals surface area contributed by atoms with E-state index in [1.807, 2.05) is 25.1 Å². The molecule has 5 nitrogen and oxygen atoms in total. The lowest BCUT2D eigenvalue weighted by molar-refractivity contribution is 0.0954. The Hall–Kier alpha value is -2.82. The number of carbonyl (C=O) groups is 1. The maximum atomic E-state index is 12.2. The van der Waals surface area contributed by atoms with E-state index in [-0.39, 0.29) is 5.91 Å². The van der Waals surface area contributed by atoms with Gasteiger partial charge in [-0.2, -0.15) is 5.10 Å². The third-order valence-electron chi connectivity index (χ3n) is 3.58. The number of ether oxygens (including phenoxy) is 2. The molecule has 24 heavy (non-hydrogen) atoms. The minimum atomic E-state index is -0.300. The Morgan fingerprint density at radius 2 is 1.67 bits per heavy atom. The van der Waals surface area contributed by atoms with Gasteiger partial charge in [0.15, 0.2) is 0 Å². The summed E-state index contributed by atoms with van der Waals surface area (Å²) in [6, 6.07) is 15.2. The summed E-state index contributed by atoms with van der Waals surface area (Å²) in [6.07, 6.45) is 1.67. The normalized spacial score (nSPS) is 11.0. The zero-order valence-corrected chi connectivity index (χ0v) is 14.2. The molecule has 0 saturated heterocycles. The third kappa shape index (κ3) is 5.12. The topological polar surface area (TPSA) is 59.9 Å². The van der Waals surface area contributed by atoms with Crippen LogP contribution in [0.15, 0.2) is 53.6 Å². The van der Waals surface area contributed by atoms with Gasteiger partial charge in [-0.1, -0.05) is 30.3 Å². The SMILES string of the molecule is COc1cc(OC)cc(C(=O)N/N=C(\C)CCc2ccccc2)c1. The van der Waals surface area contributed by atoms with Crippen LogP contribution in [0.25, 0.3) is 0 Å². The second-order valence-electron chi connectivity index (χ2n) is 5.37. The number of carbonyl (C=O) groups excluding carboxylic acids is 1. The molecule has 0 heterocycles.